The Labute approximate surface area is 763 Å². The largest absolute Gasteiger partial charge is 0.744 e. The molecule has 131 heavy (non-hydrogen) atoms. The summed E-state index contributed by atoms with van der Waals surface area (Å²) in [5, 5.41) is 17.5. The van der Waals surface area contributed by atoms with Crippen LogP contribution >= 0.6 is 23.5 Å². The number of aromatic nitrogens is 4. The van der Waals surface area contributed by atoms with Gasteiger partial charge in [0.1, 0.15) is 63.5 Å². The molecule has 4 aromatic carbocycles. The Balaban J connectivity index is 0.576. The average Bonchev–Trinajstić information content (AvgIpc) is 1.67. The summed E-state index contributed by atoms with van der Waals surface area (Å²) in [6, 6.07) is 17.8. The second-order valence-electron chi connectivity index (χ2n) is 34.7. The molecule has 7 heterocycles. The van der Waals surface area contributed by atoms with Crippen molar-refractivity contribution < 1.29 is 131 Å². The van der Waals surface area contributed by atoms with E-state index in [4.69, 9.17) is 24.3 Å². The van der Waals surface area contributed by atoms with Crippen molar-refractivity contribution in [2.45, 2.75) is 238 Å². The summed E-state index contributed by atoms with van der Waals surface area (Å²) in [5.74, 6) is -0.296. The van der Waals surface area contributed by atoms with Crippen molar-refractivity contribution in [3.63, 3.8) is 0 Å². The number of benzene rings is 4. The number of amides is 2. The first-order valence-corrected chi connectivity index (χ1v) is 53.4. The van der Waals surface area contributed by atoms with Gasteiger partial charge in [0, 0.05) is 127 Å². The van der Waals surface area contributed by atoms with Crippen LogP contribution < -0.4 is 26.2 Å². The lowest BCUT2D eigenvalue weighted by atomic mass is 9.81. The normalized spacial score (nSPS) is 20.8. The predicted molar refractivity (Wildman–Crippen MR) is 485 cm³/mol. The van der Waals surface area contributed by atoms with Crippen LogP contribution in [0.1, 0.15) is 200 Å². The fourth-order valence-electron chi connectivity index (χ4n) is 17.5. The number of carbonyl (C=O) groups is 2. The van der Waals surface area contributed by atoms with Crippen molar-refractivity contribution in [3.8, 4) is 0 Å². The van der Waals surface area contributed by atoms with E-state index in [9.17, 15) is 95.0 Å². The van der Waals surface area contributed by atoms with E-state index < -0.39 is 123 Å². The van der Waals surface area contributed by atoms with Gasteiger partial charge >= 0.3 is 23.5 Å². The summed E-state index contributed by atoms with van der Waals surface area (Å²) in [4.78, 5) is 72.8. The zero-order chi connectivity index (χ0) is 95.8. The molecule has 0 saturated carbocycles. The smallest absolute Gasteiger partial charge is 0.490 e. The van der Waals surface area contributed by atoms with Crippen LogP contribution in [0.15, 0.2) is 165 Å². The number of hydrogen-bond acceptors (Lipinski definition) is 28. The van der Waals surface area contributed by atoms with Gasteiger partial charge in [-0.2, -0.15) is 34.6 Å². The molecule has 2 amide bonds. The number of nitrogens with one attached hydrogen (secondary N) is 2. The van der Waals surface area contributed by atoms with Crippen molar-refractivity contribution in [2.24, 2.45) is 0 Å². The molecule has 5 aliphatic rings. The number of likely N-dealkylation sites (N-methyl/N-ethyl adjacent to an activating group) is 2. The van der Waals surface area contributed by atoms with E-state index in [-0.39, 0.29) is 74.2 Å². The third-order valence-electron chi connectivity index (χ3n) is 24.2. The Bertz CT molecular complexity index is 6170. The minimum Gasteiger partial charge on any atom is -0.744 e. The maximum Gasteiger partial charge on any atom is 0.490 e. The number of unbranched alkanes of at least 4 members (excludes halogenated alkanes) is 10. The number of phosphoric ester groups is 2. The second-order valence-corrected chi connectivity index (χ2v) is 44.9. The SMILES string of the molecule is CCN1/C(=C/C=C/C=C/C2=[N+](CCCCCC(=O)NCCCCCCO[C@@H]3[C@H](O)[C@@H](COP(=O)(O)OP(=O)(O)OP(=O)(O)OCCCCCCNC(=O)CCCCC[N+]4=C(/C=C/C=C5/N(CC)c6ccc(S(=O)(=O)[O-])cc6C5(C)C)C(C)(C)c5cc(S(=O)(=O)O)ccc54)O[C@H]3n3cnc4c(N)ncnc43)c3ccc(S(=O)(=O)O)cc3C2(C)C)C(C)(C)c2cc(S(=O)(=O)[O-])ccc21. The molecule has 1 fully saturated rings. The zero-order valence-corrected chi connectivity index (χ0v) is 80.5. The lowest BCUT2D eigenvalue weighted by Crippen LogP contribution is -2.36. The molecule has 0 spiro atoms. The number of nitrogens with two attached hydrogens (primary N) is 1. The third-order valence-corrected chi connectivity index (χ3v) is 31.9. The molecule has 3 unspecified atom stereocenters. The van der Waals surface area contributed by atoms with Gasteiger partial charge in [-0.1, -0.05) is 77.7 Å². The molecule has 7 atom stereocenters. The monoisotopic (exact) mass is 1960 g/mol. The van der Waals surface area contributed by atoms with Crippen LogP contribution in [-0.2, 0) is 113 Å². The number of allylic oxidation sites excluding steroid dienone is 10. The van der Waals surface area contributed by atoms with E-state index in [2.05, 4.69) is 48.3 Å². The molecule has 1 saturated heterocycles. The number of rotatable bonds is 47. The van der Waals surface area contributed by atoms with Crippen LogP contribution in [0, 0.1) is 0 Å². The fraction of sp³-hybridized carbons (Fsp3) is 0.500. The Morgan fingerprint density at radius 1 is 0.542 bits per heavy atom. The first kappa shape index (κ1) is 103. The summed E-state index contributed by atoms with van der Waals surface area (Å²) in [6.07, 6.45) is 20.4. The maximum absolute atomic E-state index is 13.2. The van der Waals surface area contributed by atoms with Crippen molar-refractivity contribution in [1.29, 1.82) is 0 Å². The molecule has 2 aromatic heterocycles. The molecule has 0 aliphatic carbocycles. The van der Waals surface area contributed by atoms with Crippen LogP contribution in [0.25, 0.3) is 11.2 Å². The van der Waals surface area contributed by atoms with Gasteiger partial charge in [0.25, 0.3) is 20.2 Å². The average molecular weight is 1960 g/mol. The van der Waals surface area contributed by atoms with Gasteiger partial charge in [0.05, 0.1) is 50.0 Å². The number of phosphoric acid groups is 3. The van der Waals surface area contributed by atoms with Crippen molar-refractivity contribution in [1.82, 2.24) is 30.2 Å². The van der Waals surface area contributed by atoms with E-state index >= 15 is 0 Å². The molecule has 0 bridgehead atoms. The highest BCUT2D eigenvalue weighted by Gasteiger charge is 2.51. The van der Waals surface area contributed by atoms with Crippen LogP contribution in [0.4, 0.5) is 28.6 Å². The fourth-order valence-corrected chi connectivity index (χ4v) is 23.0. The molecule has 10 N–H and O–H groups in total. The van der Waals surface area contributed by atoms with E-state index in [1.54, 1.807) is 24.3 Å². The molecule has 5 aliphatic heterocycles. The summed E-state index contributed by atoms with van der Waals surface area (Å²) in [7, 11) is -35.5. The Morgan fingerprint density at radius 3 is 1.47 bits per heavy atom. The van der Waals surface area contributed by atoms with Gasteiger partial charge in [-0.05, 0) is 177 Å². The van der Waals surface area contributed by atoms with E-state index in [1.165, 1.54) is 65.8 Å². The quantitative estimate of drug-likeness (QED) is 0.00563. The zero-order valence-electron chi connectivity index (χ0n) is 74.6. The van der Waals surface area contributed by atoms with Crippen LogP contribution in [0.5, 0.6) is 0 Å². The number of hydrogen-bond donors (Lipinski definition) is 9. The van der Waals surface area contributed by atoms with E-state index in [1.807, 2.05) is 123 Å². The first-order chi connectivity index (χ1) is 61.3. The van der Waals surface area contributed by atoms with Gasteiger partial charge in [-0.25, -0.2) is 45.5 Å². The van der Waals surface area contributed by atoms with Crippen LogP contribution in [-0.4, -0.2) is 201 Å². The number of carbonyl (C=O) groups excluding carboxylic acids is 2. The molecule has 716 valence electrons. The number of anilines is 3. The summed E-state index contributed by atoms with van der Waals surface area (Å²) in [6.45, 7) is 21.1. The highest BCUT2D eigenvalue weighted by Crippen LogP contribution is 2.68. The minimum atomic E-state index is -5.92. The summed E-state index contributed by atoms with van der Waals surface area (Å²) < 4.78 is 216. The van der Waals surface area contributed by atoms with E-state index in [0.29, 0.717) is 139 Å². The number of imidazole rings is 1. The van der Waals surface area contributed by atoms with Gasteiger partial charge in [0.15, 0.2) is 29.1 Å². The first-order valence-electron chi connectivity index (χ1n) is 43.2. The number of aliphatic hydroxyl groups is 1. The number of aliphatic hydroxyl groups excluding tert-OH is 1. The second kappa shape index (κ2) is 41.9. The van der Waals surface area contributed by atoms with Crippen molar-refractivity contribution in [3.05, 3.63) is 168 Å². The lowest BCUT2D eigenvalue weighted by Gasteiger charge is -2.25. The highest BCUT2D eigenvalue weighted by atomic mass is 32.2. The van der Waals surface area contributed by atoms with Gasteiger partial charge in [-0.3, -0.25) is 32.3 Å². The highest BCUT2D eigenvalue weighted by molar-refractivity contribution is 7.86. The van der Waals surface area contributed by atoms with Crippen molar-refractivity contribution >= 4 is 127 Å². The Morgan fingerprint density at radius 2 is 0.985 bits per heavy atom. The standard InChI is InChI=1S/C86H116N11O27P3S4/c1-11-93-66-41-37-58(128(107,108)109)51-62(66)83(3,4)71(93)31-20-17-21-32-73-85(7,8)64-53-60(130(113,114)115)39-43-68(64)95(73)47-26-18-22-35-75(98)88-45-24-13-15-28-49-119-79-78(100)70(122-82(79)97-57-92-77-80(87)90-56-91-81(77)97)55-121-126(103,104)124-127(105,106)123-125(101,102)120-50-29-16-14-25-46-89-76(99)36-23-19-27-48-96-69-44-40-61(131(116,117)118)54-65(69)86(9,10)74(96)34-30-33-72-84(5,6)63-52-59(129(110,111)112)38-42-67(63)94(72)12-2/h17,20-21,30-34,37-44,51-54,56-57,70,78-79,82,100H,11-16,18-19,22-29,35-36,45-50,55H2,1-10H3,(H9-2,87,88,89,90,91,98,99,101,102,103,104,105,106,107,108,109,110,111,112,113,114,115,116,117,118)/t70-,78-,79-,82-/m1/s1. The summed E-state index contributed by atoms with van der Waals surface area (Å²) in [5.41, 5.74) is 13.0. The van der Waals surface area contributed by atoms with Gasteiger partial charge in [0.2, 0.25) is 23.2 Å². The number of nitrogens with zero attached hydrogens (tertiary/aromatic N) is 8. The molecular formula is C86H116N11O27P3S4. The Hall–Kier alpha value is -8.26. The van der Waals surface area contributed by atoms with Gasteiger partial charge in [-0.15, -0.1) is 0 Å². The molecule has 0 radical (unpaired) electrons. The minimum absolute atomic E-state index is 0.0203. The van der Waals surface area contributed by atoms with E-state index in [0.717, 1.165) is 51.1 Å². The summed E-state index contributed by atoms with van der Waals surface area (Å²) >= 11 is 0. The van der Waals surface area contributed by atoms with Crippen LogP contribution in [0.2, 0.25) is 0 Å². The third kappa shape index (κ3) is 24.7. The number of fused-ring (bicyclic) bond motifs is 5. The maximum atomic E-state index is 13.2. The van der Waals surface area contributed by atoms with Gasteiger partial charge < -0.3 is 64.5 Å². The predicted octanol–water partition coefficient (Wildman–Crippen LogP) is 12.4. The molecule has 45 heteroatoms. The van der Waals surface area contributed by atoms with Crippen molar-refractivity contribution in [2.75, 3.05) is 74.6 Å². The number of nitrogen functional groups attached to an aromatic ring is 1. The van der Waals surface area contributed by atoms with Crippen LogP contribution in [0.3, 0.4) is 0 Å². The topological polar surface area (TPSA) is 551 Å². The molecule has 11 rings (SSSR count). The molecule has 6 aromatic rings. The lowest BCUT2D eigenvalue weighted by molar-refractivity contribution is -0.438. The molecule has 38 nitrogen and oxygen atoms in total. The Kier molecular flexibility index (Phi) is 33.0. The number of ether oxygens (including phenoxy) is 2. The molecular weight excluding hydrogens is 1840 g/mol.